The van der Waals surface area contributed by atoms with Crippen molar-refractivity contribution < 1.29 is 5.11 Å². The molecule has 1 aromatic carbocycles. The summed E-state index contributed by atoms with van der Waals surface area (Å²) < 4.78 is 0. The Hall–Kier alpha value is -0.860. The highest BCUT2D eigenvalue weighted by Gasteiger charge is 2.24. The van der Waals surface area contributed by atoms with Gasteiger partial charge in [0.05, 0.1) is 6.10 Å². The van der Waals surface area contributed by atoms with Crippen molar-refractivity contribution in [2.24, 2.45) is 5.92 Å². The maximum absolute atomic E-state index is 9.95. The summed E-state index contributed by atoms with van der Waals surface area (Å²) in [5, 5.41) is 13.5. The fourth-order valence-corrected chi connectivity index (χ4v) is 3.20. The minimum atomic E-state index is -0.0842. The fraction of sp³-hybridized carbons (Fsp3) is 0.647. The van der Waals surface area contributed by atoms with E-state index in [9.17, 15) is 5.11 Å². The van der Waals surface area contributed by atoms with E-state index in [1.165, 1.54) is 43.2 Å². The number of rotatable bonds is 5. The van der Waals surface area contributed by atoms with E-state index < -0.39 is 0 Å². The first-order valence-corrected chi connectivity index (χ1v) is 7.80. The van der Waals surface area contributed by atoms with Gasteiger partial charge >= 0.3 is 0 Å². The van der Waals surface area contributed by atoms with Crippen LogP contribution >= 0.6 is 0 Å². The molecule has 2 aliphatic carbocycles. The first-order chi connectivity index (χ1) is 9.33. The van der Waals surface area contributed by atoms with E-state index in [2.05, 4.69) is 29.6 Å². The van der Waals surface area contributed by atoms with E-state index in [1.807, 2.05) is 0 Å². The van der Waals surface area contributed by atoms with E-state index in [0.29, 0.717) is 5.92 Å². The summed E-state index contributed by atoms with van der Waals surface area (Å²) in [5.74, 6) is 1.29. The van der Waals surface area contributed by atoms with Crippen LogP contribution in [0.4, 0.5) is 0 Å². The SMILES string of the molecule is OC1CCCCC1CNCc1cccc(C2CC2)c1. The summed E-state index contributed by atoms with van der Waals surface area (Å²) in [7, 11) is 0. The summed E-state index contributed by atoms with van der Waals surface area (Å²) in [6.45, 7) is 1.89. The van der Waals surface area contributed by atoms with E-state index in [1.54, 1.807) is 0 Å². The second-order valence-electron chi connectivity index (χ2n) is 6.26. The van der Waals surface area contributed by atoms with Crippen molar-refractivity contribution in [1.29, 1.82) is 0 Å². The molecular weight excluding hydrogens is 234 g/mol. The lowest BCUT2D eigenvalue weighted by Crippen LogP contribution is -2.33. The van der Waals surface area contributed by atoms with Gasteiger partial charge in [-0.2, -0.15) is 0 Å². The molecule has 0 aliphatic heterocycles. The van der Waals surface area contributed by atoms with Crippen LogP contribution in [0.1, 0.15) is 55.6 Å². The minimum absolute atomic E-state index is 0.0842. The van der Waals surface area contributed by atoms with Crippen molar-refractivity contribution in [3.8, 4) is 0 Å². The van der Waals surface area contributed by atoms with Gasteiger partial charge in [-0.3, -0.25) is 0 Å². The van der Waals surface area contributed by atoms with Gasteiger partial charge in [0.15, 0.2) is 0 Å². The second-order valence-corrected chi connectivity index (χ2v) is 6.26. The van der Waals surface area contributed by atoms with Crippen LogP contribution in [0.3, 0.4) is 0 Å². The number of benzene rings is 1. The lowest BCUT2D eigenvalue weighted by molar-refractivity contribution is 0.0695. The van der Waals surface area contributed by atoms with Gasteiger partial charge in [0.25, 0.3) is 0 Å². The molecule has 2 fully saturated rings. The molecule has 2 saturated carbocycles. The number of aliphatic hydroxyl groups is 1. The van der Waals surface area contributed by atoms with Crippen molar-refractivity contribution in [2.75, 3.05) is 6.54 Å². The van der Waals surface area contributed by atoms with Crippen LogP contribution in [0, 0.1) is 5.92 Å². The van der Waals surface area contributed by atoms with Crippen molar-refractivity contribution >= 4 is 0 Å². The van der Waals surface area contributed by atoms with Crippen LogP contribution in [0.15, 0.2) is 24.3 Å². The standard InChI is InChI=1S/C17H25NO/c19-17-7-2-1-5-16(17)12-18-11-13-4-3-6-15(10-13)14-8-9-14/h3-4,6,10,14,16-19H,1-2,5,7-9,11-12H2. The van der Waals surface area contributed by atoms with E-state index in [4.69, 9.17) is 0 Å². The Bertz CT molecular complexity index is 413. The molecule has 2 atom stereocenters. The summed E-state index contributed by atoms with van der Waals surface area (Å²) in [6.07, 6.45) is 7.29. The predicted octanol–water partition coefficient (Wildman–Crippen LogP) is 3.20. The quantitative estimate of drug-likeness (QED) is 0.851. The molecule has 1 aromatic rings. The van der Waals surface area contributed by atoms with Crippen LogP contribution in [-0.4, -0.2) is 17.8 Å². The van der Waals surface area contributed by atoms with E-state index in [0.717, 1.165) is 25.4 Å². The number of hydrogen-bond acceptors (Lipinski definition) is 2. The zero-order chi connectivity index (χ0) is 13.1. The molecule has 0 aromatic heterocycles. The average Bonchev–Trinajstić information content (AvgIpc) is 3.26. The van der Waals surface area contributed by atoms with Gasteiger partial charge in [-0.1, -0.05) is 37.1 Å². The Morgan fingerprint density at radius 2 is 1.95 bits per heavy atom. The van der Waals surface area contributed by atoms with Crippen LogP contribution in [0.25, 0.3) is 0 Å². The van der Waals surface area contributed by atoms with Gasteiger partial charge < -0.3 is 10.4 Å². The molecule has 0 saturated heterocycles. The molecule has 0 heterocycles. The summed E-state index contributed by atoms with van der Waals surface area (Å²) in [6, 6.07) is 8.99. The molecule has 2 N–H and O–H groups in total. The van der Waals surface area contributed by atoms with Crippen LogP contribution in [0.5, 0.6) is 0 Å². The molecule has 2 heteroatoms. The smallest absolute Gasteiger partial charge is 0.0580 e. The minimum Gasteiger partial charge on any atom is -0.393 e. The molecule has 19 heavy (non-hydrogen) atoms. The third kappa shape index (κ3) is 3.58. The topological polar surface area (TPSA) is 32.3 Å². The highest BCUT2D eigenvalue weighted by molar-refractivity contribution is 5.29. The highest BCUT2D eigenvalue weighted by Crippen LogP contribution is 2.40. The molecule has 0 bridgehead atoms. The lowest BCUT2D eigenvalue weighted by atomic mass is 9.86. The number of hydrogen-bond donors (Lipinski definition) is 2. The number of aliphatic hydroxyl groups excluding tert-OH is 1. The van der Waals surface area contributed by atoms with Gasteiger partial charge in [0, 0.05) is 13.1 Å². The van der Waals surface area contributed by atoms with Crippen LogP contribution < -0.4 is 5.32 Å². The Balaban J connectivity index is 1.47. The van der Waals surface area contributed by atoms with Crippen LogP contribution in [-0.2, 0) is 6.54 Å². The maximum Gasteiger partial charge on any atom is 0.0580 e. The second kappa shape index (κ2) is 6.06. The van der Waals surface area contributed by atoms with Gasteiger partial charge in [0.1, 0.15) is 0 Å². The Kier molecular flexibility index (Phi) is 4.19. The monoisotopic (exact) mass is 259 g/mol. The lowest BCUT2D eigenvalue weighted by Gasteiger charge is -2.27. The zero-order valence-electron chi connectivity index (χ0n) is 11.6. The first-order valence-electron chi connectivity index (χ1n) is 7.80. The number of nitrogens with one attached hydrogen (secondary N) is 1. The van der Waals surface area contributed by atoms with E-state index >= 15 is 0 Å². The van der Waals surface area contributed by atoms with Crippen molar-refractivity contribution in [1.82, 2.24) is 5.32 Å². The van der Waals surface area contributed by atoms with E-state index in [-0.39, 0.29) is 6.10 Å². The van der Waals surface area contributed by atoms with Crippen molar-refractivity contribution in [3.63, 3.8) is 0 Å². The van der Waals surface area contributed by atoms with Gasteiger partial charge in [-0.15, -0.1) is 0 Å². The maximum atomic E-state index is 9.95. The molecule has 2 nitrogen and oxygen atoms in total. The first kappa shape index (κ1) is 13.1. The normalized spacial score (nSPS) is 27.4. The Morgan fingerprint density at radius 3 is 2.74 bits per heavy atom. The third-order valence-corrected chi connectivity index (χ3v) is 4.60. The molecule has 3 rings (SSSR count). The summed E-state index contributed by atoms with van der Waals surface area (Å²) in [4.78, 5) is 0. The van der Waals surface area contributed by atoms with Crippen LogP contribution in [0.2, 0.25) is 0 Å². The molecule has 2 aliphatic rings. The molecule has 0 amide bonds. The Labute approximate surface area is 116 Å². The molecular formula is C17H25NO. The predicted molar refractivity (Wildman–Crippen MR) is 78.1 cm³/mol. The molecule has 0 radical (unpaired) electrons. The zero-order valence-corrected chi connectivity index (χ0v) is 11.6. The fourth-order valence-electron chi connectivity index (χ4n) is 3.20. The van der Waals surface area contributed by atoms with Gasteiger partial charge in [-0.05, 0) is 48.6 Å². The highest BCUT2D eigenvalue weighted by atomic mass is 16.3. The summed E-state index contributed by atoms with van der Waals surface area (Å²) >= 11 is 0. The third-order valence-electron chi connectivity index (χ3n) is 4.60. The van der Waals surface area contributed by atoms with Crippen molar-refractivity contribution in [3.05, 3.63) is 35.4 Å². The van der Waals surface area contributed by atoms with Gasteiger partial charge in [0.2, 0.25) is 0 Å². The summed E-state index contributed by atoms with van der Waals surface area (Å²) in [5.41, 5.74) is 2.90. The largest absolute Gasteiger partial charge is 0.393 e. The molecule has 2 unspecified atom stereocenters. The van der Waals surface area contributed by atoms with Gasteiger partial charge in [-0.25, -0.2) is 0 Å². The molecule has 0 spiro atoms. The molecule has 104 valence electrons. The Morgan fingerprint density at radius 1 is 1.11 bits per heavy atom. The average molecular weight is 259 g/mol. The van der Waals surface area contributed by atoms with Crippen molar-refractivity contribution in [2.45, 2.75) is 57.1 Å².